The van der Waals surface area contributed by atoms with E-state index >= 15 is 0 Å². The monoisotopic (exact) mass is 226 g/mol. The minimum Gasteiger partial charge on any atom is -0.314 e. The van der Waals surface area contributed by atoms with E-state index in [1.807, 2.05) is 0 Å². The first kappa shape index (κ1) is 14.0. The molecule has 16 heavy (non-hydrogen) atoms. The van der Waals surface area contributed by atoms with E-state index in [-0.39, 0.29) is 0 Å². The molecule has 0 aromatic carbocycles. The largest absolute Gasteiger partial charge is 0.314 e. The summed E-state index contributed by atoms with van der Waals surface area (Å²) in [4.78, 5) is 2.66. The van der Waals surface area contributed by atoms with E-state index in [4.69, 9.17) is 0 Å². The van der Waals surface area contributed by atoms with Crippen molar-refractivity contribution in [1.82, 2.24) is 10.2 Å². The maximum atomic E-state index is 3.68. The van der Waals surface area contributed by atoms with Crippen LogP contribution in [0.1, 0.15) is 47.5 Å². The Kier molecular flexibility index (Phi) is 5.26. The van der Waals surface area contributed by atoms with Gasteiger partial charge in [0.1, 0.15) is 0 Å². The van der Waals surface area contributed by atoms with Gasteiger partial charge in [-0.1, -0.05) is 34.6 Å². The first-order valence-corrected chi connectivity index (χ1v) is 6.86. The van der Waals surface area contributed by atoms with E-state index in [1.54, 1.807) is 0 Å². The molecular weight excluding hydrogens is 196 g/mol. The van der Waals surface area contributed by atoms with Crippen LogP contribution >= 0.6 is 0 Å². The van der Waals surface area contributed by atoms with Crippen molar-refractivity contribution in [3.8, 4) is 0 Å². The van der Waals surface area contributed by atoms with Crippen LogP contribution in [0.4, 0.5) is 0 Å². The summed E-state index contributed by atoms with van der Waals surface area (Å²) in [5.74, 6) is 0.775. The molecule has 96 valence electrons. The molecule has 0 spiro atoms. The van der Waals surface area contributed by atoms with Crippen molar-refractivity contribution >= 4 is 0 Å². The van der Waals surface area contributed by atoms with Gasteiger partial charge in [0.05, 0.1) is 0 Å². The van der Waals surface area contributed by atoms with Gasteiger partial charge in [0, 0.05) is 19.1 Å². The highest BCUT2D eigenvalue weighted by molar-refractivity contribution is 4.78. The minimum atomic E-state index is 0.425. The molecule has 1 fully saturated rings. The molecule has 2 nitrogen and oxygen atoms in total. The lowest BCUT2D eigenvalue weighted by molar-refractivity contribution is 0.147. The van der Waals surface area contributed by atoms with Gasteiger partial charge in [0.2, 0.25) is 0 Å². The second kappa shape index (κ2) is 6.02. The normalized spacial score (nSPS) is 29.8. The highest BCUT2D eigenvalue weighted by Gasteiger charge is 2.21. The molecule has 2 unspecified atom stereocenters. The molecular formula is C14H30N2. The zero-order valence-corrected chi connectivity index (χ0v) is 11.8. The summed E-state index contributed by atoms with van der Waals surface area (Å²) < 4.78 is 0. The smallest absolute Gasteiger partial charge is 0.00767 e. The standard InChI is InChI=1S/C14H30N2/c1-6-13-7-8-16(11-14(3,4)5)10-12(2)9-15-13/h12-13,15H,6-11H2,1-5H3. The molecule has 0 aromatic heterocycles. The van der Waals surface area contributed by atoms with E-state index < -0.39 is 0 Å². The lowest BCUT2D eigenvalue weighted by Crippen LogP contribution is -2.45. The Hall–Kier alpha value is -0.0800. The Morgan fingerprint density at radius 2 is 2.00 bits per heavy atom. The molecule has 1 saturated heterocycles. The maximum Gasteiger partial charge on any atom is 0.00767 e. The van der Waals surface area contributed by atoms with Crippen LogP contribution in [0.2, 0.25) is 0 Å². The van der Waals surface area contributed by atoms with Gasteiger partial charge < -0.3 is 10.2 Å². The summed E-state index contributed by atoms with van der Waals surface area (Å²) >= 11 is 0. The van der Waals surface area contributed by atoms with Crippen molar-refractivity contribution in [2.24, 2.45) is 11.3 Å². The molecule has 1 aliphatic rings. The third kappa shape index (κ3) is 5.31. The number of nitrogens with one attached hydrogen (secondary N) is 1. The van der Waals surface area contributed by atoms with Crippen LogP contribution in [-0.4, -0.2) is 37.1 Å². The predicted molar refractivity (Wildman–Crippen MR) is 71.8 cm³/mol. The van der Waals surface area contributed by atoms with Gasteiger partial charge in [-0.3, -0.25) is 0 Å². The van der Waals surface area contributed by atoms with Crippen LogP contribution < -0.4 is 5.32 Å². The van der Waals surface area contributed by atoms with E-state index in [2.05, 4.69) is 44.8 Å². The van der Waals surface area contributed by atoms with Crippen LogP contribution in [0.5, 0.6) is 0 Å². The molecule has 0 amide bonds. The van der Waals surface area contributed by atoms with E-state index in [9.17, 15) is 0 Å². The molecule has 0 saturated carbocycles. The topological polar surface area (TPSA) is 15.3 Å². The Morgan fingerprint density at radius 3 is 2.56 bits per heavy atom. The minimum absolute atomic E-state index is 0.425. The molecule has 0 bridgehead atoms. The SMILES string of the molecule is CCC1CCN(CC(C)(C)C)CC(C)CN1. The van der Waals surface area contributed by atoms with Crippen LogP contribution in [0.25, 0.3) is 0 Å². The first-order chi connectivity index (χ1) is 7.40. The van der Waals surface area contributed by atoms with Crippen molar-refractivity contribution in [3.05, 3.63) is 0 Å². The van der Waals surface area contributed by atoms with E-state index in [0.29, 0.717) is 5.41 Å². The molecule has 1 aliphatic heterocycles. The molecule has 1 N–H and O–H groups in total. The second-order valence-corrected chi connectivity index (χ2v) is 6.70. The Morgan fingerprint density at radius 1 is 1.31 bits per heavy atom. The molecule has 2 atom stereocenters. The van der Waals surface area contributed by atoms with Gasteiger partial charge in [0.25, 0.3) is 0 Å². The zero-order chi connectivity index (χ0) is 12.2. The molecule has 2 heteroatoms. The van der Waals surface area contributed by atoms with Crippen LogP contribution in [0.15, 0.2) is 0 Å². The van der Waals surface area contributed by atoms with Gasteiger partial charge in [-0.15, -0.1) is 0 Å². The fraction of sp³-hybridized carbons (Fsp3) is 1.00. The Bertz CT molecular complexity index is 195. The number of rotatable bonds is 2. The summed E-state index contributed by atoms with van der Waals surface area (Å²) in [6, 6.07) is 0.727. The lowest BCUT2D eigenvalue weighted by Gasteiger charge is -2.35. The summed E-state index contributed by atoms with van der Waals surface area (Å²) in [6.07, 6.45) is 2.56. The van der Waals surface area contributed by atoms with Crippen molar-refractivity contribution in [3.63, 3.8) is 0 Å². The van der Waals surface area contributed by atoms with Crippen molar-refractivity contribution < 1.29 is 0 Å². The number of hydrogen-bond acceptors (Lipinski definition) is 2. The third-order valence-corrected chi connectivity index (χ3v) is 3.31. The quantitative estimate of drug-likeness (QED) is 0.779. The van der Waals surface area contributed by atoms with Gasteiger partial charge >= 0.3 is 0 Å². The van der Waals surface area contributed by atoms with Gasteiger partial charge in [0.15, 0.2) is 0 Å². The van der Waals surface area contributed by atoms with Crippen molar-refractivity contribution in [2.45, 2.75) is 53.5 Å². The summed E-state index contributed by atoms with van der Waals surface area (Å²) in [6.45, 7) is 16.6. The average Bonchev–Trinajstić information content (AvgIpc) is 2.12. The van der Waals surface area contributed by atoms with Gasteiger partial charge in [-0.25, -0.2) is 0 Å². The molecule has 1 heterocycles. The van der Waals surface area contributed by atoms with Crippen molar-refractivity contribution in [2.75, 3.05) is 26.2 Å². The Balaban J connectivity index is 2.49. The van der Waals surface area contributed by atoms with E-state index in [1.165, 1.54) is 39.0 Å². The highest BCUT2D eigenvalue weighted by Crippen LogP contribution is 2.18. The van der Waals surface area contributed by atoms with Crippen LogP contribution in [0, 0.1) is 11.3 Å². The number of nitrogens with zero attached hydrogens (tertiary/aromatic N) is 1. The summed E-state index contributed by atoms with van der Waals surface area (Å²) in [5, 5.41) is 3.68. The lowest BCUT2D eigenvalue weighted by atomic mass is 9.94. The third-order valence-electron chi connectivity index (χ3n) is 3.31. The summed E-state index contributed by atoms with van der Waals surface area (Å²) in [7, 11) is 0. The predicted octanol–water partition coefficient (Wildman–Crippen LogP) is 2.74. The molecule has 0 aliphatic carbocycles. The fourth-order valence-corrected chi connectivity index (χ4v) is 2.57. The first-order valence-electron chi connectivity index (χ1n) is 6.86. The molecule has 1 rings (SSSR count). The highest BCUT2D eigenvalue weighted by atomic mass is 15.1. The van der Waals surface area contributed by atoms with Crippen LogP contribution in [0.3, 0.4) is 0 Å². The van der Waals surface area contributed by atoms with E-state index in [0.717, 1.165) is 12.0 Å². The molecule has 0 aromatic rings. The van der Waals surface area contributed by atoms with Crippen molar-refractivity contribution in [1.29, 1.82) is 0 Å². The number of hydrogen-bond donors (Lipinski definition) is 1. The van der Waals surface area contributed by atoms with Gasteiger partial charge in [-0.2, -0.15) is 0 Å². The average molecular weight is 226 g/mol. The zero-order valence-electron chi connectivity index (χ0n) is 11.8. The summed E-state index contributed by atoms with van der Waals surface area (Å²) in [5.41, 5.74) is 0.425. The van der Waals surface area contributed by atoms with Gasteiger partial charge in [-0.05, 0) is 37.3 Å². The Labute approximate surface area is 102 Å². The molecule has 0 radical (unpaired) electrons. The second-order valence-electron chi connectivity index (χ2n) is 6.70. The fourth-order valence-electron chi connectivity index (χ4n) is 2.57. The maximum absolute atomic E-state index is 3.68. The van der Waals surface area contributed by atoms with Crippen LogP contribution in [-0.2, 0) is 0 Å².